The fourth-order valence-corrected chi connectivity index (χ4v) is 5.61. The summed E-state index contributed by atoms with van der Waals surface area (Å²) in [6, 6.07) is 11.4. The van der Waals surface area contributed by atoms with E-state index >= 15 is 0 Å². The van der Waals surface area contributed by atoms with Crippen molar-refractivity contribution in [2.45, 2.75) is 60.5 Å². The number of fused-ring (bicyclic) bond motifs is 3. The zero-order valence-corrected chi connectivity index (χ0v) is 15.7. The van der Waals surface area contributed by atoms with Crippen LogP contribution in [0.5, 0.6) is 0 Å². The molecule has 0 spiro atoms. The molecule has 2 heterocycles. The van der Waals surface area contributed by atoms with E-state index in [0.29, 0.717) is 24.0 Å². The first kappa shape index (κ1) is 17.5. The van der Waals surface area contributed by atoms with E-state index in [1.807, 2.05) is 6.07 Å². The largest absolute Gasteiger partial charge is 0.381 e. The van der Waals surface area contributed by atoms with Crippen molar-refractivity contribution < 1.29 is 12.8 Å². The lowest BCUT2D eigenvalue weighted by atomic mass is 9.88. The molecular weight excluding hydrogens is 351 g/mol. The van der Waals surface area contributed by atoms with Crippen molar-refractivity contribution >= 4 is 15.5 Å². The van der Waals surface area contributed by atoms with Crippen LogP contribution in [0.4, 0.5) is 10.1 Å². The van der Waals surface area contributed by atoms with E-state index in [4.69, 9.17) is 0 Å². The van der Waals surface area contributed by atoms with Gasteiger partial charge < -0.3 is 10.6 Å². The molecule has 0 amide bonds. The number of rotatable bonds is 2. The maximum absolute atomic E-state index is 13.1. The van der Waals surface area contributed by atoms with Gasteiger partial charge in [0, 0.05) is 29.7 Å². The van der Waals surface area contributed by atoms with Crippen molar-refractivity contribution in [3.05, 3.63) is 53.8 Å². The van der Waals surface area contributed by atoms with E-state index in [1.54, 1.807) is 12.1 Å². The monoisotopic (exact) mass is 374 g/mol. The summed E-state index contributed by atoms with van der Waals surface area (Å²) in [5, 5.41) is 7.15. The molecule has 26 heavy (non-hydrogen) atoms. The van der Waals surface area contributed by atoms with Gasteiger partial charge in [-0.25, -0.2) is 12.8 Å². The van der Waals surface area contributed by atoms with E-state index in [-0.39, 0.29) is 9.79 Å². The molecule has 2 unspecified atom stereocenters. The summed E-state index contributed by atoms with van der Waals surface area (Å²) < 4.78 is 39.0. The molecule has 4 atom stereocenters. The lowest BCUT2D eigenvalue weighted by molar-refractivity contribution is 0.468. The first-order valence-corrected chi connectivity index (χ1v) is 10.5. The van der Waals surface area contributed by atoms with Crippen molar-refractivity contribution in [2.24, 2.45) is 0 Å². The molecule has 6 heteroatoms. The Balaban J connectivity index is 1.72. The quantitative estimate of drug-likeness (QED) is 0.787. The molecule has 2 aromatic rings. The summed E-state index contributed by atoms with van der Waals surface area (Å²) in [5.41, 5.74) is 2.10. The molecule has 2 aromatic carbocycles. The molecule has 0 aliphatic carbocycles. The number of hydrogen-bond acceptors (Lipinski definition) is 4. The molecular formula is C20H23FN2O2S. The molecule has 0 radical (unpaired) electrons. The fraction of sp³-hybridized carbons (Fsp3) is 0.400. The number of sulfone groups is 1. The van der Waals surface area contributed by atoms with Crippen LogP contribution in [-0.2, 0) is 9.84 Å². The van der Waals surface area contributed by atoms with Gasteiger partial charge in [0.05, 0.1) is 9.79 Å². The summed E-state index contributed by atoms with van der Waals surface area (Å²) in [6.07, 6.45) is 1.97. The molecule has 4 rings (SSSR count). The summed E-state index contributed by atoms with van der Waals surface area (Å²) >= 11 is 0. The average molecular weight is 374 g/mol. The Morgan fingerprint density at radius 1 is 0.962 bits per heavy atom. The number of benzene rings is 2. The van der Waals surface area contributed by atoms with Crippen LogP contribution in [0, 0.1) is 5.82 Å². The summed E-state index contributed by atoms with van der Waals surface area (Å²) in [7, 11) is -3.66. The van der Waals surface area contributed by atoms with E-state index in [9.17, 15) is 12.8 Å². The van der Waals surface area contributed by atoms with Gasteiger partial charge in [0.2, 0.25) is 9.84 Å². The predicted molar refractivity (Wildman–Crippen MR) is 99.7 cm³/mol. The first-order chi connectivity index (χ1) is 12.3. The SMILES string of the molecule is CC1C[C@H]2Nc3ccc(S(=O)(=O)c4ccc(F)cc4)cc3[C@@H]2CC(C)N1. The van der Waals surface area contributed by atoms with Gasteiger partial charge in [0.15, 0.2) is 0 Å². The van der Waals surface area contributed by atoms with E-state index < -0.39 is 15.7 Å². The Hall–Kier alpha value is -1.92. The zero-order chi connectivity index (χ0) is 18.5. The third-order valence-electron chi connectivity index (χ3n) is 5.47. The highest BCUT2D eigenvalue weighted by Crippen LogP contribution is 2.43. The standard InChI is InChI=1S/C20H23FN2O2S/c1-12-9-17-18-11-16(26(24,25)15-5-3-14(21)4-6-15)7-8-19(18)23-20(17)10-13(2)22-12/h3-8,11-13,17,20,22-23H,9-10H2,1-2H3/t12?,13?,17-,20+/m0/s1. The number of hydrogen-bond donors (Lipinski definition) is 2. The Kier molecular flexibility index (Phi) is 4.28. The molecule has 1 fully saturated rings. The van der Waals surface area contributed by atoms with Crippen LogP contribution in [0.25, 0.3) is 0 Å². The Bertz CT molecular complexity index is 927. The molecule has 138 valence electrons. The minimum Gasteiger partial charge on any atom is -0.381 e. The second kappa shape index (κ2) is 6.35. The molecule has 2 aliphatic heterocycles. The van der Waals surface area contributed by atoms with Gasteiger partial charge in [0.1, 0.15) is 5.82 Å². The third-order valence-corrected chi connectivity index (χ3v) is 7.23. The summed E-state index contributed by atoms with van der Waals surface area (Å²) in [5.74, 6) is -0.153. The van der Waals surface area contributed by atoms with E-state index in [1.165, 1.54) is 24.3 Å². The van der Waals surface area contributed by atoms with Crippen LogP contribution in [0.3, 0.4) is 0 Å². The zero-order valence-electron chi connectivity index (χ0n) is 14.9. The third kappa shape index (κ3) is 3.01. The van der Waals surface area contributed by atoms with Crippen molar-refractivity contribution in [3.63, 3.8) is 0 Å². The molecule has 2 aliphatic rings. The maximum Gasteiger partial charge on any atom is 0.206 e. The van der Waals surface area contributed by atoms with Gasteiger partial charge >= 0.3 is 0 Å². The van der Waals surface area contributed by atoms with Crippen LogP contribution in [0.15, 0.2) is 52.3 Å². The van der Waals surface area contributed by atoms with Gasteiger partial charge in [-0.2, -0.15) is 0 Å². The second-order valence-corrected chi connectivity index (χ2v) is 9.45. The molecule has 0 saturated carbocycles. The topological polar surface area (TPSA) is 58.2 Å². The van der Waals surface area contributed by atoms with Crippen molar-refractivity contribution in [2.75, 3.05) is 5.32 Å². The normalized spacial score (nSPS) is 28.0. The highest BCUT2D eigenvalue weighted by molar-refractivity contribution is 7.91. The fourth-order valence-electron chi connectivity index (χ4n) is 4.31. The molecule has 4 nitrogen and oxygen atoms in total. The van der Waals surface area contributed by atoms with Crippen molar-refractivity contribution in [3.8, 4) is 0 Å². The Labute approximate surface area is 153 Å². The second-order valence-electron chi connectivity index (χ2n) is 7.50. The Morgan fingerprint density at radius 2 is 1.62 bits per heavy atom. The van der Waals surface area contributed by atoms with E-state index in [2.05, 4.69) is 24.5 Å². The van der Waals surface area contributed by atoms with Crippen molar-refractivity contribution in [1.82, 2.24) is 5.32 Å². The molecule has 0 bridgehead atoms. The van der Waals surface area contributed by atoms with Crippen LogP contribution in [0.1, 0.15) is 38.2 Å². The maximum atomic E-state index is 13.1. The van der Waals surface area contributed by atoms with Crippen LogP contribution in [0.2, 0.25) is 0 Å². The lowest BCUT2D eigenvalue weighted by Gasteiger charge is -2.18. The van der Waals surface area contributed by atoms with Crippen LogP contribution in [-0.4, -0.2) is 26.5 Å². The minimum atomic E-state index is -3.66. The van der Waals surface area contributed by atoms with Gasteiger partial charge in [-0.15, -0.1) is 0 Å². The summed E-state index contributed by atoms with van der Waals surface area (Å²) in [4.78, 5) is 0.383. The van der Waals surface area contributed by atoms with E-state index in [0.717, 1.165) is 24.1 Å². The van der Waals surface area contributed by atoms with Gasteiger partial charge in [-0.1, -0.05) is 0 Å². The summed E-state index contributed by atoms with van der Waals surface area (Å²) in [6.45, 7) is 4.37. The average Bonchev–Trinajstić information content (AvgIpc) is 2.83. The van der Waals surface area contributed by atoms with Gasteiger partial charge in [0.25, 0.3) is 0 Å². The number of halogens is 1. The predicted octanol–water partition coefficient (Wildman–Crippen LogP) is 3.70. The first-order valence-electron chi connectivity index (χ1n) is 9.02. The van der Waals surface area contributed by atoms with Crippen LogP contribution < -0.4 is 10.6 Å². The minimum absolute atomic E-state index is 0.117. The number of anilines is 1. The van der Waals surface area contributed by atoms with Crippen LogP contribution >= 0.6 is 0 Å². The smallest absolute Gasteiger partial charge is 0.206 e. The highest BCUT2D eigenvalue weighted by atomic mass is 32.2. The molecule has 0 aromatic heterocycles. The highest BCUT2D eigenvalue weighted by Gasteiger charge is 2.37. The van der Waals surface area contributed by atoms with Crippen molar-refractivity contribution in [1.29, 1.82) is 0 Å². The molecule has 2 N–H and O–H groups in total. The molecule has 1 saturated heterocycles. The van der Waals surface area contributed by atoms with Gasteiger partial charge in [-0.05, 0) is 74.7 Å². The van der Waals surface area contributed by atoms with Gasteiger partial charge in [-0.3, -0.25) is 0 Å². The Morgan fingerprint density at radius 3 is 2.35 bits per heavy atom. The lowest BCUT2D eigenvalue weighted by Crippen LogP contribution is -2.33. The number of nitrogens with one attached hydrogen (secondary N) is 2.